The van der Waals surface area contributed by atoms with Gasteiger partial charge in [0.25, 0.3) is 11.8 Å². The number of carbonyl (C=O) groups excluding carboxylic acids is 1. The molecule has 9 nitrogen and oxygen atoms in total. The molecule has 0 spiro atoms. The van der Waals surface area contributed by atoms with E-state index < -0.39 is 0 Å². The molecular formula is C29H23Cl2N5O4. The third-order valence-electron chi connectivity index (χ3n) is 6.83. The van der Waals surface area contributed by atoms with Crippen molar-refractivity contribution in [1.29, 1.82) is 0 Å². The fourth-order valence-corrected chi connectivity index (χ4v) is 5.12. The standard InChI is InChI=1S/C29H23Cl2N5O4/c1-39-21-10-8-20(9-11-21)36-26(27-33-32-25(40-27)15-18-5-3-2-4-6-18)24-17-34(13-14-35(24)29(36)38)28(37)19-7-12-22(30)23(31)16-19/h2-12,16H,13-15,17H2,1H3. The molecule has 3 heterocycles. The van der Waals surface area contributed by atoms with Crippen molar-refractivity contribution in [3.05, 3.63) is 116 Å². The second-order valence-electron chi connectivity index (χ2n) is 9.28. The molecule has 2 aromatic heterocycles. The molecule has 11 heteroatoms. The second kappa shape index (κ2) is 10.7. The van der Waals surface area contributed by atoms with Crippen LogP contribution in [0.5, 0.6) is 5.75 Å². The topological polar surface area (TPSA) is 95.4 Å². The van der Waals surface area contributed by atoms with Gasteiger partial charge in [-0.3, -0.25) is 13.9 Å². The Balaban J connectivity index is 1.43. The zero-order valence-corrected chi connectivity index (χ0v) is 22.9. The Morgan fingerprint density at radius 3 is 2.48 bits per heavy atom. The lowest BCUT2D eigenvalue weighted by Gasteiger charge is -2.28. The van der Waals surface area contributed by atoms with E-state index in [0.29, 0.717) is 63.8 Å². The fourth-order valence-electron chi connectivity index (χ4n) is 4.83. The van der Waals surface area contributed by atoms with Gasteiger partial charge in [0.1, 0.15) is 11.4 Å². The first kappa shape index (κ1) is 25.9. The number of nitrogens with zero attached hydrogens (tertiary/aromatic N) is 5. The zero-order valence-electron chi connectivity index (χ0n) is 21.4. The summed E-state index contributed by atoms with van der Waals surface area (Å²) < 4.78 is 14.6. The Hall–Kier alpha value is -4.34. The molecule has 202 valence electrons. The van der Waals surface area contributed by atoms with Gasteiger partial charge in [0, 0.05) is 18.7 Å². The highest BCUT2D eigenvalue weighted by atomic mass is 35.5. The maximum absolute atomic E-state index is 13.8. The van der Waals surface area contributed by atoms with Crippen molar-refractivity contribution in [2.75, 3.05) is 13.7 Å². The van der Waals surface area contributed by atoms with Crippen molar-refractivity contribution < 1.29 is 13.9 Å². The van der Waals surface area contributed by atoms with Gasteiger partial charge in [0.15, 0.2) is 0 Å². The van der Waals surface area contributed by atoms with Gasteiger partial charge in [-0.05, 0) is 48.0 Å². The molecular weight excluding hydrogens is 553 g/mol. The van der Waals surface area contributed by atoms with Crippen LogP contribution in [0.1, 0.15) is 27.5 Å². The average Bonchev–Trinajstić information content (AvgIpc) is 3.56. The van der Waals surface area contributed by atoms with Crippen molar-refractivity contribution >= 4 is 29.1 Å². The Bertz CT molecular complexity index is 1760. The highest BCUT2D eigenvalue weighted by Gasteiger charge is 2.32. The molecule has 1 aliphatic heterocycles. The number of aromatic nitrogens is 4. The highest BCUT2D eigenvalue weighted by Crippen LogP contribution is 2.30. The van der Waals surface area contributed by atoms with Crippen molar-refractivity contribution in [3.63, 3.8) is 0 Å². The minimum absolute atomic E-state index is 0.156. The number of fused-ring (bicyclic) bond motifs is 1. The van der Waals surface area contributed by atoms with E-state index in [-0.39, 0.29) is 24.0 Å². The van der Waals surface area contributed by atoms with Gasteiger partial charge in [0.2, 0.25) is 5.89 Å². The highest BCUT2D eigenvalue weighted by molar-refractivity contribution is 6.42. The Morgan fingerprint density at radius 1 is 0.975 bits per heavy atom. The number of ether oxygens (including phenoxy) is 1. The molecule has 3 aromatic carbocycles. The van der Waals surface area contributed by atoms with Crippen LogP contribution in [0.2, 0.25) is 10.0 Å². The van der Waals surface area contributed by atoms with E-state index >= 15 is 0 Å². The molecule has 0 radical (unpaired) electrons. The fraction of sp³-hybridized carbons (Fsp3) is 0.172. The summed E-state index contributed by atoms with van der Waals surface area (Å²) >= 11 is 12.2. The van der Waals surface area contributed by atoms with Crippen LogP contribution in [0.25, 0.3) is 17.3 Å². The molecule has 0 N–H and O–H groups in total. The van der Waals surface area contributed by atoms with E-state index in [1.54, 1.807) is 63.6 Å². The summed E-state index contributed by atoms with van der Waals surface area (Å²) in [6.07, 6.45) is 0.443. The predicted octanol–water partition coefficient (Wildman–Crippen LogP) is 5.25. The van der Waals surface area contributed by atoms with Crippen LogP contribution in [0.3, 0.4) is 0 Å². The summed E-state index contributed by atoms with van der Waals surface area (Å²) in [7, 11) is 1.58. The maximum Gasteiger partial charge on any atom is 0.333 e. The van der Waals surface area contributed by atoms with E-state index in [0.717, 1.165) is 5.56 Å². The quantitative estimate of drug-likeness (QED) is 0.274. The van der Waals surface area contributed by atoms with Gasteiger partial charge in [-0.15, -0.1) is 10.2 Å². The van der Waals surface area contributed by atoms with Gasteiger partial charge in [-0.25, -0.2) is 4.79 Å². The predicted molar refractivity (Wildman–Crippen MR) is 150 cm³/mol. The minimum atomic E-state index is -0.264. The second-order valence-corrected chi connectivity index (χ2v) is 10.1. The smallest absolute Gasteiger partial charge is 0.333 e. The van der Waals surface area contributed by atoms with Crippen LogP contribution in [-0.2, 0) is 19.5 Å². The molecule has 0 aliphatic carbocycles. The van der Waals surface area contributed by atoms with E-state index in [9.17, 15) is 9.59 Å². The van der Waals surface area contributed by atoms with E-state index in [4.69, 9.17) is 32.4 Å². The third-order valence-corrected chi connectivity index (χ3v) is 7.57. The van der Waals surface area contributed by atoms with Crippen LogP contribution in [0, 0.1) is 0 Å². The van der Waals surface area contributed by atoms with Gasteiger partial charge < -0.3 is 14.1 Å². The molecule has 0 fully saturated rings. The monoisotopic (exact) mass is 575 g/mol. The Morgan fingerprint density at radius 2 is 1.75 bits per heavy atom. The molecule has 0 bridgehead atoms. The average molecular weight is 576 g/mol. The molecule has 1 aliphatic rings. The zero-order chi connectivity index (χ0) is 27.8. The van der Waals surface area contributed by atoms with Crippen LogP contribution in [0.4, 0.5) is 0 Å². The van der Waals surface area contributed by atoms with Crippen molar-refractivity contribution in [3.8, 4) is 23.0 Å². The molecule has 0 saturated heterocycles. The van der Waals surface area contributed by atoms with Crippen LogP contribution in [-0.4, -0.2) is 43.8 Å². The van der Waals surface area contributed by atoms with Gasteiger partial charge >= 0.3 is 5.69 Å². The summed E-state index contributed by atoms with van der Waals surface area (Å²) in [5.41, 5.74) is 2.79. The molecule has 0 atom stereocenters. The molecule has 40 heavy (non-hydrogen) atoms. The Labute approximate surface area is 239 Å². The summed E-state index contributed by atoms with van der Waals surface area (Å²) in [5.74, 6) is 1.03. The SMILES string of the molecule is COc1ccc(-n2c(-c3nnc(Cc4ccccc4)o3)c3n(c2=O)CCN(C(=O)c2ccc(Cl)c(Cl)c2)C3)cc1. The van der Waals surface area contributed by atoms with Crippen LogP contribution < -0.4 is 10.4 Å². The van der Waals surface area contributed by atoms with Crippen molar-refractivity contribution in [1.82, 2.24) is 24.2 Å². The summed E-state index contributed by atoms with van der Waals surface area (Å²) in [6.45, 7) is 0.784. The lowest BCUT2D eigenvalue weighted by molar-refractivity contribution is 0.0710. The van der Waals surface area contributed by atoms with E-state index in [1.165, 1.54) is 0 Å². The summed E-state index contributed by atoms with van der Waals surface area (Å²) in [4.78, 5) is 28.8. The number of carbonyl (C=O) groups is 1. The number of imidazole rings is 1. The number of hydrogen-bond acceptors (Lipinski definition) is 6. The van der Waals surface area contributed by atoms with E-state index in [2.05, 4.69) is 10.2 Å². The third kappa shape index (κ3) is 4.78. The number of halogens is 2. The Kier molecular flexibility index (Phi) is 6.91. The first-order valence-corrected chi connectivity index (χ1v) is 13.3. The van der Waals surface area contributed by atoms with Gasteiger partial charge in [0.05, 0.1) is 41.5 Å². The first-order chi connectivity index (χ1) is 19.4. The van der Waals surface area contributed by atoms with Crippen LogP contribution in [0.15, 0.2) is 82.0 Å². The molecule has 0 saturated carbocycles. The number of amides is 1. The van der Waals surface area contributed by atoms with Crippen LogP contribution >= 0.6 is 23.2 Å². The summed E-state index contributed by atoms with van der Waals surface area (Å²) in [5, 5.41) is 9.25. The van der Waals surface area contributed by atoms with Gasteiger partial charge in [-0.1, -0.05) is 53.5 Å². The molecule has 1 amide bonds. The lowest BCUT2D eigenvalue weighted by atomic mass is 10.1. The lowest BCUT2D eigenvalue weighted by Crippen LogP contribution is -2.40. The normalized spacial score (nSPS) is 12.8. The van der Waals surface area contributed by atoms with Crippen molar-refractivity contribution in [2.45, 2.75) is 19.5 Å². The largest absolute Gasteiger partial charge is 0.497 e. The van der Waals surface area contributed by atoms with E-state index in [1.807, 2.05) is 30.3 Å². The summed E-state index contributed by atoms with van der Waals surface area (Å²) in [6, 6.07) is 21.7. The first-order valence-electron chi connectivity index (χ1n) is 12.5. The molecule has 0 unspecified atom stereocenters. The minimum Gasteiger partial charge on any atom is -0.497 e. The number of methoxy groups -OCH3 is 1. The molecule has 5 aromatic rings. The van der Waals surface area contributed by atoms with Gasteiger partial charge in [-0.2, -0.15) is 0 Å². The number of benzene rings is 3. The number of rotatable bonds is 6. The maximum atomic E-state index is 13.8. The van der Waals surface area contributed by atoms with Crippen molar-refractivity contribution in [2.24, 2.45) is 0 Å². The number of hydrogen-bond donors (Lipinski definition) is 0. The molecule has 6 rings (SSSR count).